The molecular weight excluding hydrogens is 370 g/mol. The molecule has 0 saturated carbocycles. The van der Waals surface area contributed by atoms with E-state index in [9.17, 15) is 4.79 Å². The summed E-state index contributed by atoms with van der Waals surface area (Å²) in [5.41, 5.74) is 3.60. The first-order valence-electron chi connectivity index (χ1n) is 9.14. The van der Waals surface area contributed by atoms with Gasteiger partial charge in [-0.25, -0.2) is 4.98 Å². The number of amides is 1. The second-order valence-electron chi connectivity index (χ2n) is 6.67. The van der Waals surface area contributed by atoms with Crippen LogP contribution in [0.15, 0.2) is 59.8 Å². The molecule has 0 saturated heterocycles. The molecular formula is C21H21N5OS. The van der Waals surface area contributed by atoms with Crippen LogP contribution < -0.4 is 0 Å². The third-order valence-corrected chi connectivity index (χ3v) is 5.75. The monoisotopic (exact) mass is 391 g/mol. The van der Waals surface area contributed by atoms with Crippen LogP contribution in [0.5, 0.6) is 0 Å². The highest BCUT2D eigenvalue weighted by Gasteiger charge is 2.25. The zero-order valence-electron chi connectivity index (χ0n) is 16.0. The second kappa shape index (κ2) is 7.59. The number of benzene rings is 2. The van der Waals surface area contributed by atoms with Crippen molar-refractivity contribution >= 4 is 39.7 Å². The Bertz CT molecular complexity index is 1140. The lowest BCUT2D eigenvalue weighted by Crippen LogP contribution is -2.26. The minimum Gasteiger partial charge on any atom is -0.348 e. The van der Waals surface area contributed by atoms with Crippen molar-refractivity contribution in [2.45, 2.75) is 23.9 Å². The number of carbonyl (C=O) groups is 1. The van der Waals surface area contributed by atoms with Gasteiger partial charge in [0.1, 0.15) is 10.8 Å². The highest BCUT2D eigenvalue weighted by atomic mass is 32.2. The lowest BCUT2D eigenvalue weighted by atomic mass is 10.1. The number of aromatic nitrogens is 4. The third-order valence-electron chi connectivity index (χ3n) is 4.66. The maximum absolute atomic E-state index is 12.8. The van der Waals surface area contributed by atoms with Crippen LogP contribution in [-0.2, 0) is 11.3 Å². The van der Waals surface area contributed by atoms with Gasteiger partial charge in [0.05, 0.1) is 5.52 Å². The normalized spacial score (nSPS) is 12.4. The number of nitrogens with zero attached hydrogens (tertiary/aromatic N) is 5. The van der Waals surface area contributed by atoms with Gasteiger partial charge in [-0.1, -0.05) is 60.3 Å². The van der Waals surface area contributed by atoms with E-state index in [1.54, 1.807) is 19.0 Å². The zero-order chi connectivity index (χ0) is 19.7. The van der Waals surface area contributed by atoms with Gasteiger partial charge < -0.3 is 9.47 Å². The van der Waals surface area contributed by atoms with Crippen molar-refractivity contribution in [3.63, 3.8) is 0 Å². The fourth-order valence-corrected chi connectivity index (χ4v) is 4.33. The number of aryl methyl sites for hydroxylation is 1. The summed E-state index contributed by atoms with van der Waals surface area (Å²) in [6, 6.07) is 17.8. The average Bonchev–Trinajstić information content (AvgIpc) is 3.05. The highest BCUT2D eigenvalue weighted by Crippen LogP contribution is 2.35. The Hall–Kier alpha value is -2.93. The van der Waals surface area contributed by atoms with E-state index in [0.29, 0.717) is 5.16 Å². The Morgan fingerprint density at radius 3 is 2.50 bits per heavy atom. The number of rotatable bonds is 5. The van der Waals surface area contributed by atoms with Gasteiger partial charge in [-0.2, -0.15) is 0 Å². The predicted octanol–water partition coefficient (Wildman–Crippen LogP) is 3.92. The van der Waals surface area contributed by atoms with Crippen molar-refractivity contribution < 1.29 is 4.79 Å². The standard InChI is InChI=1S/C21H21N5OS/c1-4-26-16-13-9-8-12-15(16)17-19(26)22-21(24-23-17)28-18(20(27)25(2)3)14-10-6-5-7-11-14/h5-13,18H,4H2,1-3H3. The van der Waals surface area contributed by atoms with Crippen LogP contribution in [0.4, 0.5) is 0 Å². The second-order valence-corrected chi connectivity index (χ2v) is 7.74. The predicted molar refractivity (Wildman–Crippen MR) is 112 cm³/mol. The smallest absolute Gasteiger partial charge is 0.240 e. The first-order chi connectivity index (χ1) is 13.6. The van der Waals surface area contributed by atoms with Gasteiger partial charge in [0, 0.05) is 26.0 Å². The molecule has 2 aromatic heterocycles. The molecule has 1 amide bonds. The van der Waals surface area contributed by atoms with Gasteiger partial charge in [0.15, 0.2) is 5.65 Å². The molecule has 2 heterocycles. The first-order valence-corrected chi connectivity index (χ1v) is 10.0. The minimum atomic E-state index is -0.421. The molecule has 0 radical (unpaired) electrons. The Balaban J connectivity index is 1.79. The number of para-hydroxylation sites is 1. The van der Waals surface area contributed by atoms with E-state index >= 15 is 0 Å². The summed E-state index contributed by atoms with van der Waals surface area (Å²) in [7, 11) is 3.52. The largest absolute Gasteiger partial charge is 0.348 e. The van der Waals surface area contributed by atoms with Gasteiger partial charge >= 0.3 is 0 Å². The van der Waals surface area contributed by atoms with Crippen LogP contribution in [0.3, 0.4) is 0 Å². The molecule has 28 heavy (non-hydrogen) atoms. The third kappa shape index (κ3) is 3.22. The van der Waals surface area contributed by atoms with Gasteiger partial charge in [0.2, 0.25) is 11.1 Å². The molecule has 0 fully saturated rings. The fraction of sp³-hybridized carbons (Fsp3) is 0.238. The Morgan fingerprint density at radius 1 is 1.07 bits per heavy atom. The van der Waals surface area contributed by atoms with Crippen molar-refractivity contribution in [3.05, 3.63) is 60.2 Å². The van der Waals surface area contributed by atoms with Gasteiger partial charge in [-0.05, 0) is 18.6 Å². The van der Waals surface area contributed by atoms with Crippen molar-refractivity contribution in [2.75, 3.05) is 14.1 Å². The zero-order valence-corrected chi connectivity index (χ0v) is 16.8. The number of hydrogen-bond donors (Lipinski definition) is 0. The summed E-state index contributed by atoms with van der Waals surface area (Å²) in [6.07, 6.45) is 0. The molecule has 2 aromatic carbocycles. The molecule has 1 atom stereocenters. The first kappa shape index (κ1) is 18.4. The van der Waals surface area contributed by atoms with E-state index in [0.717, 1.165) is 34.2 Å². The molecule has 1 unspecified atom stereocenters. The maximum Gasteiger partial charge on any atom is 0.240 e. The molecule has 0 bridgehead atoms. The molecule has 0 spiro atoms. The Kier molecular flexibility index (Phi) is 5.00. The number of hydrogen-bond acceptors (Lipinski definition) is 5. The van der Waals surface area contributed by atoms with E-state index in [2.05, 4.69) is 27.8 Å². The quantitative estimate of drug-likeness (QED) is 0.483. The summed E-state index contributed by atoms with van der Waals surface area (Å²) in [4.78, 5) is 19.2. The molecule has 0 aliphatic rings. The van der Waals surface area contributed by atoms with E-state index in [1.165, 1.54) is 11.8 Å². The van der Waals surface area contributed by atoms with Crippen molar-refractivity contribution in [1.29, 1.82) is 0 Å². The Labute approximate surface area is 167 Å². The van der Waals surface area contributed by atoms with Crippen molar-refractivity contribution in [1.82, 2.24) is 24.6 Å². The van der Waals surface area contributed by atoms with Crippen molar-refractivity contribution in [3.8, 4) is 0 Å². The summed E-state index contributed by atoms with van der Waals surface area (Å²) in [6.45, 7) is 2.87. The van der Waals surface area contributed by atoms with Crippen LogP contribution in [0.1, 0.15) is 17.7 Å². The minimum absolute atomic E-state index is 0.00377. The number of likely N-dealkylation sites (N-methyl/N-ethyl adjacent to an activating group) is 1. The molecule has 7 heteroatoms. The van der Waals surface area contributed by atoms with Gasteiger partial charge in [-0.15, -0.1) is 10.2 Å². The molecule has 4 rings (SSSR count). The SMILES string of the molecule is CCn1c2ccccc2c2nnc(SC(C(=O)N(C)C)c3ccccc3)nc21. The fourth-order valence-electron chi connectivity index (χ4n) is 3.29. The molecule has 0 aliphatic carbocycles. The number of fused-ring (bicyclic) bond motifs is 3. The molecule has 0 aliphatic heterocycles. The van der Waals surface area contributed by atoms with Crippen LogP contribution >= 0.6 is 11.8 Å². The lowest BCUT2D eigenvalue weighted by molar-refractivity contribution is -0.128. The number of thioether (sulfide) groups is 1. The van der Waals surface area contributed by atoms with Crippen molar-refractivity contribution in [2.24, 2.45) is 0 Å². The topological polar surface area (TPSA) is 63.9 Å². The summed E-state index contributed by atoms with van der Waals surface area (Å²) in [5.74, 6) is -0.00377. The molecule has 142 valence electrons. The number of carbonyl (C=O) groups excluding carboxylic acids is 1. The molecule has 6 nitrogen and oxygen atoms in total. The van der Waals surface area contributed by atoms with Gasteiger partial charge in [0.25, 0.3) is 0 Å². The van der Waals surface area contributed by atoms with E-state index in [4.69, 9.17) is 4.98 Å². The van der Waals surface area contributed by atoms with Crippen LogP contribution in [0.25, 0.3) is 22.1 Å². The van der Waals surface area contributed by atoms with E-state index < -0.39 is 5.25 Å². The van der Waals surface area contributed by atoms with Crippen LogP contribution in [-0.4, -0.2) is 44.7 Å². The summed E-state index contributed by atoms with van der Waals surface area (Å²) in [5, 5.41) is 9.89. The molecule has 4 aromatic rings. The van der Waals surface area contributed by atoms with E-state index in [1.807, 2.05) is 48.5 Å². The van der Waals surface area contributed by atoms with E-state index in [-0.39, 0.29) is 5.91 Å². The molecule has 0 N–H and O–H groups in total. The summed E-state index contributed by atoms with van der Waals surface area (Å²) < 4.78 is 2.13. The highest BCUT2D eigenvalue weighted by molar-refractivity contribution is 8.00. The lowest BCUT2D eigenvalue weighted by Gasteiger charge is -2.19. The van der Waals surface area contributed by atoms with Crippen LogP contribution in [0.2, 0.25) is 0 Å². The Morgan fingerprint density at radius 2 is 1.79 bits per heavy atom. The van der Waals surface area contributed by atoms with Crippen LogP contribution in [0, 0.1) is 0 Å². The van der Waals surface area contributed by atoms with Gasteiger partial charge in [-0.3, -0.25) is 4.79 Å². The average molecular weight is 392 g/mol. The summed E-state index contributed by atoms with van der Waals surface area (Å²) >= 11 is 1.33. The maximum atomic E-state index is 12.8.